The van der Waals surface area contributed by atoms with Crippen LogP contribution in [0.2, 0.25) is 0 Å². The highest BCUT2D eigenvalue weighted by atomic mass is 16.3. The van der Waals surface area contributed by atoms with Crippen LogP contribution in [0.25, 0.3) is 0 Å². The molecule has 3 nitrogen and oxygen atoms in total. The van der Waals surface area contributed by atoms with E-state index >= 15 is 0 Å². The summed E-state index contributed by atoms with van der Waals surface area (Å²) in [5.41, 5.74) is 0. The van der Waals surface area contributed by atoms with Crippen molar-refractivity contribution in [2.75, 3.05) is 26.7 Å². The Kier molecular flexibility index (Phi) is 9.06. The zero-order valence-corrected chi connectivity index (χ0v) is 10.8. The summed E-state index contributed by atoms with van der Waals surface area (Å²) >= 11 is 0. The van der Waals surface area contributed by atoms with E-state index in [1.807, 2.05) is 0 Å². The highest BCUT2D eigenvalue weighted by molar-refractivity contribution is 4.72. The molecular weight excluding hydrogens is 188 g/mol. The second kappa shape index (κ2) is 9.13. The Morgan fingerprint density at radius 2 is 2.00 bits per heavy atom. The molecule has 0 aliphatic heterocycles. The van der Waals surface area contributed by atoms with E-state index in [2.05, 4.69) is 38.0 Å². The number of aliphatic hydroxyl groups excluding tert-OH is 1. The molecule has 0 fully saturated rings. The fraction of sp³-hybridized carbons (Fsp3) is 1.00. The average molecular weight is 216 g/mol. The Bertz CT molecular complexity index is 142. The summed E-state index contributed by atoms with van der Waals surface area (Å²) in [6.45, 7) is 8.96. The van der Waals surface area contributed by atoms with Crippen molar-refractivity contribution in [1.29, 1.82) is 0 Å². The maximum atomic E-state index is 8.99. The van der Waals surface area contributed by atoms with Crippen LogP contribution >= 0.6 is 0 Å². The monoisotopic (exact) mass is 216 g/mol. The van der Waals surface area contributed by atoms with E-state index in [1.165, 1.54) is 6.42 Å². The molecule has 0 amide bonds. The normalized spacial score (nSPS) is 15.6. The van der Waals surface area contributed by atoms with Crippen molar-refractivity contribution < 1.29 is 5.11 Å². The summed E-state index contributed by atoms with van der Waals surface area (Å²) in [7, 11) is 2.16. The highest BCUT2D eigenvalue weighted by Crippen LogP contribution is 2.03. The third-order valence-electron chi connectivity index (χ3n) is 3.01. The topological polar surface area (TPSA) is 35.5 Å². The van der Waals surface area contributed by atoms with Crippen LogP contribution in [0.15, 0.2) is 0 Å². The summed E-state index contributed by atoms with van der Waals surface area (Å²) in [6, 6.07) is 1.04. The minimum atomic E-state index is 0.274. The molecule has 15 heavy (non-hydrogen) atoms. The number of hydrogen-bond acceptors (Lipinski definition) is 3. The fourth-order valence-electron chi connectivity index (χ4n) is 1.60. The minimum absolute atomic E-state index is 0.274. The van der Waals surface area contributed by atoms with Crippen molar-refractivity contribution in [2.24, 2.45) is 0 Å². The van der Waals surface area contributed by atoms with E-state index in [1.54, 1.807) is 0 Å². The summed E-state index contributed by atoms with van der Waals surface area (Å²) < 4.78 is 0. The van der Waals surface area contributed by atoms with Gasteiger partial charge in [-0.2, -0.15) is 0 Å². The molecular formula is C12H28N2O. The zero-order valence-electron chi connectivity index (χ0n) is 10.8. The standard InChI is InChI=1S/C12H28N2O/c1-5-8-13-12(7-9-15)10-14(4)11(3)6-2/h11-13,15H,5-10H2,1-4H3. The largest absolute Gasteiger partial charge is 0.396 e. The lowest BCUT2D eigenvalue weighted by Crippen LogP contribution is -2.43. The molecule has 0 aromatic rings. The van der Waals surface area contributed by atoms with Crippen molar-refractivity contribution in [3.05, 3.63) is 0 Å². The molecule has 2 atom stereocenters. The maximum Gasteiger partial charge on any atom is 0.0446 e. The van der Waals surface area contributed by atoms with E-state index < -0.39 is 0 Å². The SMILES string of the molecule is CCCNC(CCO)CN(C)C(C)CC. The molecule has 0 aromatic heterocycles. The molecule has 2 N–H and O–H groups in total. The number of aliphatic hydroxyl groups is 1. The second-order valence-corrected chi connectivity index (χ2v) is 4.36. The van der Waals surface area contributed by atoms with Crippen LogP contribution < -0.4 is 5.32 Å². The van der Waals surface area contributed by atoms with Crippen molar-refractivity contribution in [3.63, 3.8) is 0 Å². The van der Waals surface area contributed by atoms with Gasteiger partial charge in [-0.15, -0.1) is 0 Å². The van der Waals surface area contributed by atoms with Gasteiger partial charge in [0.1, 0.15) is 0 Å². The Morgan fingerprint density at radius 3 is 2.47 bits per heavy atom. The third kappa shape index (κ3) is 6.88. The van der Waals surface area contributed by atoms with Crippen molar-refractivity contribution in [2.45, 2.75) is 52.1 Å². The van der Waals surface area contributed by atoms with Crippen LogP contribution in [0, 0.1) is 0 Å². The van der Waals surface area contributed by atoms with Crippen molar-refractivity contribution in [3.8, 4) is 0 Å². The maximum absolute atomic E-state index is 8.99. The molecule has 0 radical (unpaired) electrons. The van der Waals surface area contributed by atoms with Gasteiger partial charge < -0.3 is 15.3 Å². The van der Waals surface area contributed by atoms with Gasteiger partial charge >= 0.3 is 0 Å². The van der Waals surface area contributed by atoms with Crippen LogP contribution in [-0.2, 0) is 0 Å². The first-order valence-corrected chi connectivity index (χ1v) is 6.20. The number of nitrogens with zero attached hydrogens (tertiary/aromatic N) is 1. The lowest BCUT2D eigenvalue weighted by molar-refractivity contribution is 0.197. The van der Waals surface area contributed by atoms with Crippen LogP contribution in [0.3, 0.4) is 0 Å². The molecule has 0 spiro atoms. The molecule has 0 aromatic carbocycles. The van der Waals surface area contributed by atoms with Gasteiger partial charge in [0.25, 0.3) is 0 Å². The molecule has 0 aliphatic carbocycles. The first-order valence-electron chi connectivity index (χ1n) is 6.20. The minimum Gasteiger partial charge on any atom is -0.396 e. The molecule has 0 heterocycles. The summed E-state index contributed by atoms with van der Waals surface area (Å²) in [5, 5.41) is 12.5. The molecule has 0 bridgehead atoms. The fourth-order valence-corrected chi connectivity index (χ4v) is 1.60. The van der Waals surface area contributed by atoms with Gasteiger partial charge in [0.15, 0.2) is 0 Å². The molecule has 0 saturated carbocycles. The molecule has 3 heteroatoms. The van der Waals surface area contributed by atoms with E-state index in [9.17, 15) is 0 Å². The van der Waals surface area contributed by atoms with Gasteiger partial charge in [-0.1, -0.05) is 13.8 Å². The number of nitrogens with one attached hydrogen (secondary N) is 1. The van der Waals surface area contributed by atoms with E-state index in [4.69, 9.17) is 5.11 Å². The lowest BCUT2D eigenvalue weighted by atomic mass is 10.1. The van der Waals surface area contributed by atoms with Crippen LogP contribution in [0.1, 0.15) is 40.0 Å². The van der Waals surface area contributed by atoms with Crippen molar-refractivity contribution >= 4 is 0 Å². The van der Waals surface area contributed by atoms with Gasteiger partial charge in [-0.05, 0) is 39.8 Å². The van der Waals surface area contributed by atoms with E-state index in [0.29, 0.717) is 12.1 Å². The third-order valence-corrected chi connectivity index (χ3v) is 3.01. The predicted octanol–water partition coefficient (Wildman–Crippen LogP) is 1.47. The molecule has 92 valence electrons. The average Bonchev–Trinajstić information content (AvgIpc) is 2.24. The first kappa shape index (κ1) is 14.9. The first-order chi connectivity index (χ1) is 7.15. The van der Waals surface area contributed by atoms with Gasteiger partial charge in [-0.3, -0.25) is 0 Å². The van der Waals surface area contributed by atoms with Gasteiger partial charge in [0.2, 0.25) is 0 Å². The quantitative estimate of drug-likeness (QED) is 0.612. The summed E-state index contributed by atoms with van der Waals surface area (Å²) in [5.74, 6) is 0. The van der Waals surface area contributed by atoms with Gasteiger partial charge in [0, 0.05) is 25.2 Å². The Balaban J connectivity index is 3.91. The lowest BCUT2D eigenvalue weighted by Gasteiger charge is -2.28. The van der Waals surface area contributed by atoms with E-state index in [0.717, 1.165) is 25.9 Å². The smallest absolute Gasteiger partial charge is 0.0446 e. The van der Waals surface area contributed by atoms with Gasteiger partial charge in [-0.25, -0.2) is 0 Å². The molecule has 0 aliphatic rings. The Labute approximate surface area is 94.9 Å². The highest BCUT2D eigenvalue weighted by Gasteiger charge is 2.13. The van der Waals surface area contributed by atoms with Crippen molar-refractivity contribution in [1.82, 2.24) is 10.2 Å². The summed E-state index contributed by atoms with van der Waals surface area (Å²) in [4.78, 5) is 2.36. The Morgan fingerprint density at radius 1 is 1.33 bits per heavy atom. The number of rotatable bonds is 9. The Hall–Kier alpha value is -0.120. The molecule has 0 saturated heterocycles. The molecule has 0 rings (SSSR count). The van der Waals surface area contributed by atoms with Gasteiger partial charge in [0.05, 0.1) is 0 Å². The molecule has 2 unspecified atom stereocenters. The zero-order chi connectivity index (χ0) is 11.7. The van der Waals surface area contributed by atoms with E-state index in [-0.39, 0.29) is 6.61 Å². The van der Waals surface area contributed by atoms with Crippen LogP contribution in [0.4, 0.5) is 0 Å². The summed E-state index contributed by atoms with van der Waals surface area (Å²) in [6.07, 6.45) is 3.17. The number of likely N-dealkylation sites (N-methyl/N-ethyl adjacent to an activating group) is 1. The number of hydrogen-bond donors (Lipinski definition) is 2. The predicted molar refractivity (Wildman–Crippen MR) is 66.2 cm³/mol. The van der Waals surface area contributed by atoms with Crippen LogP contribution in [0.5, 0.6) is 0 Å². The second-order valence-electron chi connectivity index (χ2n) is 4.36. The van der Waals surface area contributed by atoms with Crippen LogP contribution in [-0.4, -0.2) is 48.8 Å².